The molecule has 0 aliphatic carbocycles. The van der Waals surface area contributed by atoms with Crippen LogP contribution in [0.5, 0.6) is 0 Å². The molecule has 0 atom stereocenters. The number of rotatable bonds is 0. The highest BCUT2D eigenvalue weighted by Gasteiger charge is 2.12. The molecule has 0 unspecified atom stereocenters. The molecule has 5 nitrogen and oxygen atoms in total. The van der Waals surface area contributed by atoms with Crippen LogP contribution in [0, 0.1) is 0 Å². The second kappa shape index (κ2) is 8.06. The topological polar surface area (TPSA) is 66.9 Å². The van der Waals surface area contributed by atoms with E-state index in [1.807, 2.05) is 17.5 Å². The molecule has 2 aromatic rings. The second-order valence-corrected chi connectivity index (χ2v) is 6.63. The van der Waals surface area contributed by atoms with Crippen molar-refractivity contribution >= 4 is 23.1 Å². The van der Waals surface area contributed by atoms with Gasteiger partial charge in [0, 0.05) is 30.2 Å². The number of aromatic nitrogens is 2. The molecule has 2 N–H and O–H groups in total. The van der Waals surface area contributed by atoms with Crippen molar-refractivity contribution in [1.29, 1.82) is 0 Å². The lowest BCUT2D eigenvalue weighted by atomic mass is 10.1. The Morgan fingerprint density at radius 2 is 1.74 bits per heavy atom. The molecule has 1 aliphatic rings. The van der Waals surface area contributed by atoms with Crippen LogP contribution in [0.1, 0.15) is 49.0 Å². The minimum absolute atomic E-state index is 0.0794. The van der Waals surface area contributed by atoms with Crippen LogP contribution in [0.2, 0.25) is 0 Å². The summed E-state index contributed by atoms with van der Waals surface area (Å²) in [5.41, 5.74) is 1.50. The van der Waals surface area contributed by atoms with Crippen molar-refractivity contribution < 1.29 is 4.79 Å². The highest BCUT2D eigenvalue weighted by Crippen LogP contribution is 2.25. The number of anilines is 1. The highest BCUT2D eigenvalue weighted by atomic mass is 32.1. The summed E-state index contributed by atoms with van der Waals surface area (Å²) in [4.78, 5) is 20.9. The van der Waals surface area contributed by atoms with E-state index in [9.17, 15) is 4.79 Å². The fraction of sp³-hybridized carbons (Fsp3) is 0.471. The molecule has 4 bridgehead atoms. The first-order chi connectivity index (χ1) is 11.3. The number of nitrogens with zero attached hydrogens (tertiary/aromatic N) is 2. The summed E-state index contributed by atoms with van der Waals surface area (Å²) in [7, 11) is 0. The Bertz CT molecular complexity index is 656. The monoisotopic (exact) mass is 330 g/mol. The van der Waals surface area contributed by atoms with Gasteiger partial charge in [-0.3, -0.25) is 4.79 Å². The Hall–Kier alpha value is -1.95. The number of thiazole rings is 1. The summed E-state index contributed by atoms with van der Waals surface area (Å²) in [5, 5.41) is 9.01. The average Bonchev–Trinajstić information content (AvgIpc) is 3.06. The van der Waals surface area contributed by atoms with E-state index < -0.39 is 0 Å². The number of hydrogen-bond acceptors (Lipinski definition) is 5. The van der Waals surface area contributed by atoms with Crippen molar-refractivity contribution in [2.24, 2.45) is 0 Å². The first kappa shape index (κ1) is 15.9. The number of hydrogen-bond donors (Lipinski definition) is 2. The fourth-order valence-corrected chi connectivity index (χ4v) is 3.43. The van der Waals surface area contributed by atoms with Crippen LogP contribution in [-0.4, -0.2) is 29.0 Å². The molecule has 0 fully saturated rings. The predicted octanol–water partition coefficient (Wildman–Crippen LogP) is 3.70. The van der Waals surface area contributed by atoms with Gasteiger partial charge in [-0.25, -0.2) is 9.97 Å². The smallest absolute Gasteiger partial charge is 0.270 e. The molecular weight excluding hydrogens is 308 g/mol. The van der Waals surface area contributed by atoms with Gasteiger partial charge >= 0.3 is 0 Å². The molecule has 23 heavy (non-hydrogen) atoms. The Morgan fingerprint density at radius 3 is 2.57 bits per heavy atom. The van der Waals surface area contributed by atoms with Crippen LogP contribution in [0.3, 0.4) is 0 Å². The summed E-state index contributed by atoms with van der Waals surface area (Å²) in [6.45, 7) is 1.67. The van der Waals surface area contributed by atoms with E-state index in [1.165, 1.54) is 37.0 Å². The third-order valence-electron chi connectivity index (χ3n) is 3.94. The minimum atomic E-state index is -0.0794. The lowest BCUT2D eigenvalue weighted by molar-refractivity contribution is 0.0948. The van der Waals surface area contributed by atoms with E-state index in [1.54, 1.807) is 6.20 Å². The molecule has 1 amide bonds. The van der Waals surface area contributed by atoms with E-state index in [0.29, 0.717) is 5.69 Å². The van der Waals surface area contributed by atoms with Crippen molar-refractivity contribution in [3.8, 4) is 10.6 Å². The number of fused-ring (bicyclic) bond motifs is 5. The van der Waals surface area contributed by atoms with Crippen LogP contribution in [0.15, 0.2) is 23.7 Å². The SMILES string of the molecule is O=C1NCCCCCCCCNc2cc(ccn2)-c2nc1cs2. The third kappa shape index (κ3) is 4.51. The summed E-state index contributed by atoms with van der Waals surface area (Å²) in [6.07, 6.45) is 8.85. The lowest BCUT2D eigenvalue weighted by Gasteiger charge is -2.06. The van der Waals surface area contributed by atoms with Crippen LogP contribution >= 0.6 is 11.3 Å². The van der Waals surface area contributed by atoms with Crippen LogP contribution in [-0.2, 0) is 0 Å². The van der Waals surface area contributed by atoms with Gasteiger partial charge in [-0.05, 0) is 25.0 Å². The van der Waals surface area contributed by atoms with E-state index in [-0.39, 0.29) is 5.91 Å². The standard InChI is InChI=1S/C17H22N4OS/c22-16-14-12-23-17(21-14)13-7-10-19-15(11-13)18-8-5-3-1-2-4-6-9-20-16/h7,10-12H,1-6,8-9H2,(H,18,19)(H,20,22). The maximum Gasteiger partial charge on any atom is 0.270 e. The van der Waals surface area contributed by atoms with Gasteiger partial charge in [-0.1, -0.05) is 25.7 Å². The van der Waals surface area contributed by atoms with Crippen molar-refractivity contribution in [3.63, 3.8) is 0 Å². The number of pyridine rings is 1. The maximum atomic E-state index is 12.1. The Kier molecular flexibility index (Phi) is 5.58. The number of nitrogens with one attached hydrogen (secondary N) is 2. The van der Waals surface area contributed by atoms with Gasteiger partial charge in [0.2, 0.25) is 0 Å². The van der Waals surface area contributed by atoms with E-state index in [2.05, 4.69) is 20.6 Å². The lowest BCUT2D eigenvalue weighted by Crippen LogP contribution is -2.24. The van der Waals surface area contributed by atoms with Crippen molar-refractivity contribution in [1.82, 2.24) is 15.3 Å². The van der Waals surface area contributed by atoms with Crippen molar-refractivity contribution in [2.75, 3.05) is 18.4 Å². The average molecular weight is 330 g/mol. The van der Waals surface area contributed by atoms with Gasteiger partial charge in [0.05, 0.1) is 0 Å². The zero-order chi connectivity index (χ0) is 15.9. The molecule has 0 spiro atoms. The first-order valence-corrected chi connectivity index (χ1v) is 9.15. The molecule has 0 saturated heterocycles. The molecule has 0 aromatic carbocycles. The number of carbonyl (C=O) groups excluding carboxylic acids is 1. The fourth-order valence-electron chi connectivity index (χ4n) is 2.64. The van der Waals surface area contributed by atoms with Crippen LogP contribution in [0.25, 0.3) is 10.6 Å². The van der Waals surface area contributed by atoms with E-state index in [4.69, 9.17) is 0 Å². The second-order valence-electron chi connectivity index (χ2n) is 5.77. The largest absolute Gasteiger partial charge is 0.370 e. The summed E-state index contributed by atoms with van der Waals surface area (Å²) in [5.74, 6) is 0.789. The molecule has 3 heterocycles. The Labute approximate surface area is 140 Å². The number of carbonyl (C=O) groups is 1. The first-order valence-electron chi connectivity index (χ1n) is 8.27. The molecule has 3 rings (SSSR count). The molecule has 1 aliphatic heterocycles. The van der Waals surface area contributed by atoms with Gasteiger partial charge in [-0.15, -0.1) is 11.3 Å². The van der Waals surface area contributed by atoms with E-state index >= 15 is 0 Å². The molecule has 6 heteroatoms. The normalized spacial score (nSPS) is 17.0. The van der Waals surface area contributed by atoms with Gasteiger partial charge in [0.15, 0.2) is 0 Å². The summed E-state index contributed by atoms with van der Waals surface area (Å²) in [6, 6.07) is 3.93. The zero-order valence-electron chi connectivity index (χ0n) is 13.2. The Balaban J connectivity index is 1.78. The van der Waals surface area contributed by atoms with Crippen molar-refractivity contribution in [2.45, 2.75) is 38.5 Å². The number of amides is 1. The summed E-state index contributed by atoms with van der Waals surface area (Å²) >= 11 is 1.49. The molecule has 0 radical (unpaired) electrons. The third-order valence-corrected chi connectivity index (χ3v) is 4.83. The Morgan fingerprint density at radius 1 is 1.00 bits per heavy atom. The quantitative estimate of drug-likeness (QED) is 0.773. The van der Waals surface area contributed by atoms with Crippen LogP contribution in [0.4, 0.5) is 5.82 Å². The van der Waals surface area contributed by atoms with Gasteiger partial charge in [0.25, 0.3) is 5.91 Å². The molecule has 2 aromatic heterocycles. The zero-order valence-corrected chi connectivity index (χ0v) is 14.0. The van der Waals surface area contributed by atoms with Gasteiger partial charge < -0.3 is 10.6 Å². The maximum absolute atomic E-state index is 12.1. The predicted molar refractivity (Wildman–Crippen MR) is 93.9 cm³/mol. The van der Waals surface area contributed by atoms with Gasteiger partial charge in [-0.2, -0.15) is 0 Å². The van der Waals surface area contributed by atoms with Gasteiger partial charge in [0.1, 0.15) is 16.5 Å². The molecule has 122 valence electrons. The highest BCUT2D eigenvalue weighted by molar-refractivity contribution is 7.13. The minimum Gasteiger partial charge on any atom is -0.370 e. The van der Waals surface area contributed by atoms with Crippen molar-refractivity contribution in [3.05, 3.63) is 29.4 Å². The molecule has 0 saturated carbocycles. The summed E-state index contributed by atoms with van der Waals surface area (Å²) < 4.78 is 0. The molecular formula is C17H22N4OS. The van der Waals surface area contributed by atoms with Crippen LogP contribution < -0.4 is 10.6 Å². The van der Waals surface area contributed by atoms with E-state index in [0.717, 1.165) is 42.3 Å².